The van der Waals surface area contributed by atoms with Crippen LogP contribution < -0.4 is 15.2 Å². The first-order valence-corrected chi connectivity index (χ1v) is 13.7. The predicted octanol–water partition coefficient (Wildman–Crippen LogP) is 5.57. The molecule has 0 amide bonds. The number of nitrogens with one attached hydrogen (secondary N) is 1. The number of non-ortho nitro benzene ring substituents is 1. The molecule has 0 radical (unpaired) electrons. The topological polar surface area (TPSA) is 105 Å². The van der Waals surface area contributed by atoms with Gasteiger partial charge in [-0.3, -0.25) is 19.8 Å². The van der Waals surface area contributed by atoms with Crippen LogP contribution in [0.1, 0.15) is 30.4 Å². The number of aromatic amines is 1. The number of ether oxygens (including phenoxy) is 1. The second-order valence-corrected chi connectivity index (χ2v) is 11.6. The van der Waals surface area contributed by atoms with Crippen molar-refractivity contribution < 1.29 is 22.8 Å². The largest absolute Gasteiger partial charge is 0.497 e. The predicted molar refractivity (Wildman–Crippen MR) is 146 cm³/mol. The van der Waals surface area contributed by atoms with Crippen molar-refractivity contribution in [2.45, 2.75) is 32.0 Å². The van der Waals surface area contributed by atoms with Crippen molar-refractivity contribution in [2.75, 3.05) is 38.2 Å². The summed E-state index contributed by atoms with van der Waals surface area (Å²) >= 11 is 0.902. The fraction of sp³-hybridized carbons (Fsp3) is 0.407. The average molecular weight is 574 g/mol. The summed E-state index contributed by atoms with van der Waals surface area (Å²) in [6.45, 7) is 3.94. The van der Waals surface area contributed by atoms with Gasteiger partial charge in [0.05, 0.1) is 23.0 Å². The Balaban J connectivity index is 1.18. The highest BCUT2D eigenvalue weighted by atomic mass is 32.1. The molecule has 0 atom stereocenters. The monoisotopic (exact) mass is 573 g/mol. The number of aromatic nitrogens is 2. The van der Waals surface area contributed by atoms with Gasteiger partial charge >= 0.3 is 6.18 Å². The van der Waals surface area contributed by atoms with Crippen LogP contribution in [0.3, 0.4) is 0 Å². The number of hydrogen-bond acceptors (Lipinski definition) is 8. The minimum atomic E-state index is -4.81. The van der Waals surface area contributed by atoms with E-state index in [0.717, 1.165) is 66.9 Å². The first-order chi connectivity index (χ1) is 19.0. The van der Waals surface area contributed by atoms with Crippen molar-refractivity contribution in [3.8, 4) is 5.75 Å². The molecule has 0 saturated carbocycles. The molecule has 2 fully saturated rings. The normalized spacial score (nSPS) is 17.8. The highest BCUT2D eigenvalue weighted by Gasteiger charge is 2.41. The van der Waals surface area contributed by atoms with Crippen LogP contribution in [-0.2, 0) is 12.7 Å². The lowest BCUT2D eigenvalue weighted by molar-refractivity contribution is -0.383. The molecule has 2 aromatic heterocycles. The van der Waals surface area contributed by atoms with Gasteiger partial charge in [-0.25, -0.2) is 0 Å². The SMILES string of the molecule is COc1ccc2[nH]cc(CN3CCC4(CCN(c5nc(=O)c6cc(C(F)(F)F)cc([N+](=O)[O-])c6s5)CC4)C3)c2c1. The van der Waals surface area contributed by atoms with E-state index in [2.05, 4.69) is 14.9 Å². The van der Waals surface area contributed by atoms with Crippen LogP contribution in [0.4, 0.5) is 24.0 Å². The van der Waals surface area contributed by atoms with Crippen LogP contribution in [0.25, 0.3) is 21.0 Å². The Kier molecular flexibility index (Phi) is 6.45. The van der Waals surface area contributed by atoms with Gasteiger partial charge in [0.2, 0.25) is 0 Å². The van der Waals surface area contributed by atoms with Crippen molar-refractivity contribution in [3.05, 3.63) is 68.1 Å². The third-order valence-corrected chi connectivity index (χ3v) is 9.36. The summed E-state index contributed by atoms with van der Waals surface area (Å²) in [5, 5.41) is 12.7. The number of H-pyrrole nitrogens is 1. The van der Waals surface area contributed by atoms with E-state index in [1.807, 2.05) is 29.3 Å². The van der Waals surface area contributed by atoms with E-state index in [1.165, 1.54) is 5.56 Å². The molecule has 0 aliphatic carbocycles. The molecule has 210 valence electrons. The summed E-state index contributed by atoms with van der Waals surface area (Å²) in [5.74, 6) is 0.814. The van der Waals surface area contributed by atoms with Crippen LogP contribution >= 0.6 is 11.3 Å². The van der Waals surface area contributed by atoms with Crippen molar-refractivity contribution in [1.29, 1.82) is 0 Å². The van der Waals surface area contributed by atoms with E-state index in [1.54, 1.807) is 7.11 Å². The maximum absolute atomic E-state index is 13.3. The van der Waals surface area contributed by atoms with Crippen LogP contribution in [0, 0.1) is 15.5 Å². The molecule has 13 heteroatoms. The van der Waals surface area contributed by atoms with Crippen LogP contribution in [0.5, 0.6) is 5.75 Å². The Hall–Kier alpha value is -3.71. The van der Waals surface area contributed by atoms with Crippen LogP contribution in [0.15, 0.2) is 41.3 Å². The Morgan fingerprint density at radius 3 is 2.60 bits per heavy atom. The number of halogens is 3. The number of nitrogens with zero attached hydrogens (tertiary/aromatic N) is 4. The molecule has 1 N–H and O–H groups in total. The summed E-state index contributed by atoms with van der Waals surface area (Å²) in [5.41, 5.74) is -0.456. The third-order valence-electron chi connectivity index (χ3n) is 8.19. The minimum Gasteiger partial charge on any atom is -0.497 e. The zero-order chi connectivity index (χ0) is 28.2. The van der Waals surface area contributed by atoms with Crippen molar-refractivity contribution in [1.82, 2.24) is 14.9 Å². The number of rotatable bonds is 5. The summed E-state index contributed by atoms with van der Waals surface area (Å²) in [7, 11) is 1.65. The van der Waals surface area contributed by atoms with E-state index in [9.17, 15) is 28.1 Å². The Labute approximate surface area is 230 Å². The van der Waals surface area contributed by atoms with Crippen molar-refractivity contribution in [3.63, 3.8) is 0 Å². The first-order valence-electron chi connectivity index (χ1n) is 12.9. The molecular weight excluding hydrogens is 547 g/mol. The Morgan fingerprint density at radius 1 is 1.15 bits per heavy atom. The Bertz CT molecular complexity index is 1680. The third kappa shape index (κ3) is 4.77. The van der Waals surface area contributed by atoms with Gasteiger partial charge in [-0.1, -0.05) is 11.3 Å². The van der Waals surface area contributed by atoms with Crippen LogP contribution in [0.2, 0.25) is 0 Å². The number of nitro groups is 1. The second-order valence-electron chi connectivity index (χ2n) is 10.6. The maximum atomic E-state index is 13.3. The fourth-order valence-electron chi connectivity index (χ4n) is 5.97. The zero-order valence-electron chi connectivity index (χ0n) is 21.6. The van der Waals surface area contributed by atoms with Crippen molar-refractivity contribution in [2.24, 2.45) is 5.41 Å². The quantitative estimate of drug-likeness (QED) is 0.246. The lowest BCUT2D eigenvalue weighted by atomic mass is 9.78. The number of benzene rings is 2. The van der Waals surface area contributed by atoms with Gasteiger partial charge in [0, 0.05) is 49.3 Å². The molecule has 6 rings (SSSR count). The minimum absolute atomic E-state index is 0.0873. The highest BCUT2D eigenvalue weighted by Crippen LogP contribution is 2.43. The molecule has 4 heterocycles. The number of piperidine rings is 1. The summed E-state index contributed by atoms with van der Waals surface area (Å²) in [6, 6.07) is 7.13. The lowest BCUT2D eigenvalue weighted by Gasteiger charge is -2.39. The van der Waals surface area contributed by atoms with E-state index >= 15 is 0 Å². The molecule has 9 nitrogen and oxygen atoms in total. The van der Waals surface area contributed by atoms with Gasteiger partial charge in [-0.05, 0) is 61.1 Å². The summed E-state index contributed by atoms with van der Waals surface area (Å²) in [6.07, 6.45) is -0.00450. The molecule has 0 bridgehead atoms. The fourth-order valence-corrected chi connectivity index (χ4v) is 7.09. The molecular formula is C27H26F3N5O4S. The maximum Gasteiger partial charge on any atom is 0.416 e. The van der Waals surface area contributed by atoms with Crippen molar-refractivity contribution >= 4 is 43.1 Å². The Morgan fingerprint density at radius 2 is 1.90 bits per heavy atom. The molecule has 4 aromatic rings. The zero-order valence-corrected chi connectivity index (χ0v) is 22.4. The van der Waals surface area contributed by atoms with E-state index < -0.39 is 27.9 Å². The first kappa shape index (κ1) is 26.5. The average Bonchev–Trinajstić information content (AvgIpc) is 3.51. The number of hydrogen-bond donors (Lipinski definition) is 1. The van der Waals surface area contributed by atoms with Crippen LogP contribution in [-0.4, -0.2) is 53.1 Å². The van der Waals surface area contributed by atoms with Gasteiger partial charge in [-0.2, -0.15) is 18.2 Å². The number of anilines is 1. The molecule has 2 aliphatic rings. The van der Waals surface area contributed by atoms with E-state index in [-0.39, 0.29) is 15.5 Å². The van der Waals surface area contributed by atoms with Gasteiger partial charge in [0.15, 0.2) is 5.13 Å². The molecule has 2 aromatic carbocycles. The molecule has 1 spiro atoms. The van der Waals surface area contributed by atoms with E-state index in [0.29, 0.717) is 30.4 Å². The number of fused-ring (bicyclic) bond motifs is 2. The van der Waals surface area contributed by atoms with Gasteiger partial charge in [-0.15, -0.1) is 0 Å². The smallest absolute Gasteiger partial charge is 0.416 e. The lowest BCUT2D eigenvalue weighted by Crippen LogP contribution is -2.42. The molecule has 2 aliphatic heterocycles. The number of methoxy groups -OCH3 is 1. The van der Waals surface area contributed by atoms with Gasteiger partial charge in [0.1, 0.15) is 10.4 Å². The highest BCUT2D eigenvalue weighted by molar-refractivity contribution is 7.22. The van der Waals surface area contributed by atoms with Gasteiger partial charge in [0.25, 0.3) is 11.2 Å². The number of likely N-dealkylation sites (tertiary alicyclic amines) is 1. The van der Waals surface area contributed by atoms with Gasteiger partial charge < -0.3 is 14.6 Å². The molecule has 2 saturated heterocycles. The second kappa shape index (κ2) is 9.73. The number of nitro benzene ring substituents is 1. The summed E-state index contributed by atoms with van der Waals surface area (Å²) in [4.78, 5) is 35.2. The summed E-state index contributed by atoms with van der Waals surface area (Å²) < 4.78 is 45.1. The molecule has 0 unspecified atom stereocenters. The number of alkyl halides is 3. The molecule has 40 heavy (non-hydrogen) atoms. The van der Waals surface area contributed by atoms with E-state index in [4.69, 9.17) is 4.74 Å². The standard InChI is InChI=1S/C27H26F3N5O4S/c1-39-18-2-3-21-19(12-18)16(13-31-21)14-33-7-4-26(15-33)5-8-34(9-6-26)25-32-24(36)20-10-17(27(28,29)30)11-22(35(37)38)23(20)40-25/h2-3,10-13,31H,4-9,14-15H2,1H3.